The molecule has 12 heteroatoms. The van der Waals surface area contributed by atoms with Gasteiger partial charge >= 0.3 is 19.2 Å². The van der Waals surface area contributed by atoms with Crippen molar-refractivity contribution in [2.24, 2.45) is 5.92 Å². The minimum Gasteiger partial charge on any atom is -0.464 e. The Balaban J connectivity index is 0.00000247. The van der Waals surface area contributed by atoms with Gasteiger partial charge < -0.3 is 18.7 Å². The second-order valence-electron chi connectivity index (χ2n) is 8.38. The van der Waals surface area contributed by atoms with Gasteiger partial charge in [0.05, 0.1) is 6.61 Å². The molecule has 11 nitrogen and oxygen atoms in total. The fourth-order valence-electron chi connectivity index (χ4n) is 3.08. The van der Waals surface area contributed by atoms with Crippen molar-refractivity contribution in [1.29, 1.82) is 0 Å². The molecular formula is C26H34N3O8P. The highest BCUT2D eigenvalue weighted by Gasteiger charge is 2.33. The van der Waals surface area contributed by atoms with Crippen molar-refractivity contribution in [3.8, 4) is 18.1 Å². The fourth-order valence-corrected chi connectivity index (χ4v) is 4.76. The molecule has 1 aromatic carbocycles. The molecule has 0 bridgehead atoms. The molecule has 1 aliphatic heterocycles. The number of nitrogens with zero attached hydrogens (tertiary/aromatic N) is 1. The highest BCUT2D eigenvalue weighted by Crippen LogP contribution is 2.44. The summed E-state index contributed by atoms with van der Waals surface area (Å²) in [5.41, 5.74) is -1.44. The summed E-state index contributed by atoms with van der Waals surface area (Å²) in [6.45, 7) is 9.54. The first-order chi connectivity index (χ1) is 18.1. The van der Waals surface area contributed by atoms with E-state index in [1.165, 1.54) is 25.3 Å². The normalized spacial score (nSPS) is 18.6. The molecule has 2 aromatic rings. The van der Waals surface area contributed by atoms with E-state index in [1.54, 1.807) is 30.3 Å². The lowest BCUT2D eigenvalue weighted by Crippen LogP contribution is -2.36. The second kappa shape index (κ2) is 14.5. The molecule has 0 saturated carbocycles. The lowest BCUT2D eigenvalue weighted by Gasteiger charge is -2.25. The van der Waals surface area contributed by atoms with E-state index in [1.807, 2.05) is 27.7 Å². The number of para-hydroxylation sites is 1. The Kier molecular flexibility index (Phi) is 11.8. The molecule has 0 saturated heterocycles. The topological polar surface area (TPSA) is 138 Å². The first-order valence-corrected chi connectivity index (χ1v) is 14.0. The SMILES string of the molecule is C#Cc1cn(C2C=CC(OCP(=O)(NC(C)C(=O)OCC(C)C)Oc3ccccc3)O2)c(=O)[nH]c1=O.CC. The van der Waals surface area contributed by atoms with Gasteiger partial charge in [0, 0.05) is 6.20 Å². The van der Waals surface area contributed by atoms with E-state index in [0.717, 1.165) is 4.57 Å². The van der Waals surface area contributed by atoms with E-state index in [9.17, 15) is 18.9 Å². The van der Waals surface area contributed by atoms with Crippen LogP contribution in [0.15, 0.2) is 58.3 Å². The molecule has 0 radical (unpaired) electrons. The number of benzene rings is 1. The quantitative estimate of drug-likeness (QED) is 0.188. The monoisotopic (exact) mass is 547 g/mol. The number of ether oxygens (including phenoxy) is 3. The summed E-state index contributed by atoms with van der Waals surface area (Å²) in [4.78, 5) is 38.3. The number of terminal acetylenes is 1. The van der Waals surface area contributed by atoms with E-state index in [4.69, 9.17) is 25.2 Å². The van der Waals surface area contributed by atoms with E-state index < -0.39 is 49.6 Å². The summed E-state index contributed by atoms with van der Waals surface area (Å²) < 4.78 is 37.0. The molecule has 206 valence electrons. The van der Waals surface area contributed by atoms with Crippen LogP contribution in [0.1, 0.15) is 46.4 Å². The maximum absolute atomic E-state index is 13.7. The number of carbonyl (C=O) groups excluding carboxylic acids is 1. The average Bonchev–Trinajstić information content (AvgIpc) is 3.37. The number of nitrogens with one attached hydrogen (secondary N) is 2. The summed E-state index contributed by atoms with van der Waals surface area (Å²) in [6.07, 6.45) is 7.14. The van der Waals surface area contributed by atoms with Gasteiger partial charge in [0.1, 0.15) is 17.4 Å². The smallest absolute Gasteiger partial charge is 0.342 e. The average molecular weight is 548 g/mol. The Labute approximate surface area is 221 Å². The zero-order valence-corrected chi connectivity index (χ0v) is 23.0. The van der Waals surface area contributed by atoms with Crippen LogP contribution in [0, 0.1) is 18.3 Å². The van der Waals surface area contributed by atoms with Gasteiger partial charge in [0.25, 0.3) is 5.56 Å². The predicted molar refractivity (Wildman–Crippen MR) is 143 cm³/mol. The molecule has 4 atom stereocenters. The molecular weight excluding hydrogens is 513 g/mol. The number of aromatic nitrogens is 2. The van der Waals surface area contributed by atoms with Crippen molar-refractivity contribution >= 4 is 13.5 Å². The second-order valence-corrected chi connectivity index (χ2v) is 10.4. The van der Waals surface area contributed by atoms with Crippen molar-refractivity contribution in [2.45, 2.75) is 53.2 Å². The lowest BCUT2D eigenvalue weighted by molar-refractivity contribution is -0.146. The number of rotatable bonds is 11. The third-order valence-corrected chi connectivity index (χ3v) is 6.59. The predicted octanol–water partition coefficient (Wildman–Crippen LogP) is 3.38. The van der Waals surface area contributed by atoms with Gasteiger partial charge in [-0.1, -0.05) is 51.8 Å². The summed E-state index contributed by atoms with van der Waals surface area (Å²) in [7, 11) is -3.80. The van der Waals surface area contributed by atoms with E-state index in [2.05, 4.69) is 16.0 Å². The minimum atomic E-state index is -3.80. The van der Waals surface area contributed by atoms with Crippen LogP contribution >= 0.6 is 7.52 Å². The van der Waals surface area contributed by atoms with Crippen LogP contribution in [0.5, 0.6) is 5.75 Å². The van der Waals surface area contributed by atoms with Crippen molar-refractivity contribution in [3.05, 3.63) is 75.1 Å². The Morgan fingerprint density at radius 2 is 1.89 bits per heavy atom. The fraction of sp³-hybridized carbons (Fsp3) is 0.423. The molecule has 0 spiro atoms. The van der Waals surface area contributed by atoms with Gasteiger partial charge in [-0.25, -0.2) is 9.88 Å². The van der Waals surface area contributed by atoms with Crippen molar-refractivity contribution in [3.63, 3.8) is 0 Å². The van der Waals surface area contributed by atoms with Gasteiger partial charge in [-0.2, -0.15) is 0 Å². The molecule has 0 fully saturated rings. The third kappa shape index (κ3) is 8.85. The highest BCUT2D eigenvalue weighted by molar-refractivity contribution is 7.57. The minimum absolute atomic E-state index is 0.0423. The zero-order chi connectivity index (χ0) is 28.3. The van der Waals surface area contributed by atoms with Crippen LogP contribution in [-0.2, 0) is 23.6 Å². The summed E-state index contributed by atoms with van der Waals surface area (Å²) in [5.74, 6) is 2.06. The van der Waals surface area contributed by atoms with Crippen LogP contribution in [0.4, 0.5) is 0 Å². The summed E-state index contributed by atoms with van der Waals surface area (Å²) in [6, 6.07) is 7.47. The Morgan fingerprint density at radius 1 is 1.21 bits per heavy atom. The number of hydrogen-bond acceptors (Lipinski definition) is 8. The highest BCUT2D eigenvalue weighted by atomic mass is 31.2. The summed E-state index contributed by atoms with van der Waals surface area (Å²) >= 11 is 0. The van der Waals surface area contributed by atoms with Gasteiger partial charge in [-0.05, 0) is 37.1 Å². The molecule has 3 rings (SSSR count). The van der Waals surface area contributed by atoms with Gasteiger partial charge in [-0.15, -0.1) is 6.42 Å². The number of aromatic amines is 1. The lowest BCUT2D eigenvalue weighted by atomic mass is 10.2. The van der Waals surface area contributed by atoms with Crippen molar-refractivity contribution < 1.29 is 28.1 Å². The van der Waals surface area contributed by atoms with Gasteiger partial charge in [-0.3, -0.25) is 23.7 Å². The molecule has 0 aliphatic carbocycles. The van der Waals surface area contributed by atoms with Crippen LogP contribution in [0.25, 0.3) is 0 Å². The third-order valence-electron chi connectivity index (χ3n) is 4.81. The Morgan fingerprint density at radius 3 is 2.53 bits per heavy atom. The van der Waals surface area contributed by atoms with Crippen LogP contribution in [-0.4, -0.2) is 40.8 Å². The van der Waals surface area contributed by atoms with Crippen LogP contribution < -0.4 is 20.9 Å². The van der Waals surface area contributed by atoms with Crippen LogP contribution in [0.2, 0.25) is 0 Å². The molecule has 2 heterocycles. The molecule has 0 amide bonds. The first-order valence-electron chi connectivity index (χ1n) is 12.2. The molecule has 1 aliphatic rings. The van der Waals surface area contributed by atoms with Gasteiger partial charge in [0.2, 0.25) is 0 Å². The van der Waals surface area contributed by atoms with E-state index >= 15 is 0 Å². The van der Waals surface area contributed by atoms with Crippen LogP contribution in [0.3, 0.4) is 0 Å². The maximum atomic E-state index is 13.7. The zero-order valence-electron chi connectivity index (χ0n) is 22.1. The molecule has 4 unspecified atom stereocenters. The number of esters is 1. The van der Waals surface area contributed by atoms with Crippen molar-refractivity contribution in [2.75, 3.05) is 13.0 Å². The Bertz CT molecular complexity index is 1300. The first kappa shape index (κ1) is 30.8. The number of carbonyl (C=O) groups is 1. The maximum Gasteiger partial charge on any atom is 0.342 e. The van der Waals surface area contributed by atoms with Crippen molar-refractivity contribution in [1.82, 2.24) is 14.6 Å². The standard InChI is InChI=1S/C24H28N3O8P.C2H6/c1-5-18-13-27(24(30)25-22(18)28)20-11-12-21(34-20)33-15-36(31,35-19-9-7-6-8-10-19)26-17(4)23(29)32-14-16(2)3;1-2/h1,6-13,16-17,20-21H,14-15H2,2-4H3,(H,26,31)(H,25,28,30);1-2H3. The molecule has 38 heavy (non-hydrogen) atoms. The molecule has 1 aromatic heterocycles. The summed E-state index contributed by atoms with van der Waals surface area (Å²) in [5, 5.41) is 2.70. The molecule has 2 N–H and O–H groups in total. The van der Waals surface area contributed by atoms with Gasteiger partial charge in [0.15, 0.2) is 18.9 Å². The van der Waals surface area contributed by atoms with E-state index in [-0.39, 0.29) is 18.1 Å². The number of hydrogen-bond donors (Lipinski definition) is 2. The Hall–Kier alpha value is -3.42. The largest absolute Gasteiger partial charge is 0.464 e. The number of H-pyrrole nitrogens is 1. The van der Waals surface area contributed by atoms with E-state index in [0.29, 0.717) is 5.75 Å².